The summed E-state index contributed by atoms with van der Waals surface area (Å²) >= 11 is 4.81. The van der Waals surface area contributed by atoms with Gasteiger partial charge >= 0.3 is 0 Å². The number of aliphatic hydroxyl groups excluding tert-OH is 1. The maximum Gasteiger partial charge on any atom is 0.262 e. The van der Waals surface area contributed by atoms with Gasteiger partial charge in [0.25, 0.3) is 5.91 Å². The van der Waals surface area contributed by atoms with Crippen LogP contribution in [-0.4, -0.2) is 48.2 Å². The first-order valence-corrected chi connectivity index (χ1v) is 8.25. The fourth-order valence-electron chi connectivity index (χ4n) is 2.18. The Morgan fingerprint density at radius 3 is 2.89 bits per heavy atom. The number of carbonyl (C=O) groups is 1. The van der Waals surface area contributed by atoms with Gasteiger partial charge in [0.05, 0.1) is 6.10 Å². The standard InChI is InChI=1S/C13H19BrN2O2S/c14-11-4-9-19-12(11)13(18)15-5-1-6-16-7-2-10(17)3-8-16/h4,9-10,17H,1-3,5-8H2,(H,15,18). The number of rotatable bonds is 5. The summed E-state index contributed by atoms with van der Waals surface area (Å²) in [7, 11) is 0. The molecule has 1 fully saturated rings. The molecule has 0 atom stereocenters. The third kappa shape index (κ3) is 4.56. The van der Waals surface area contributed by atoms with Crippen LogP contribution in [0.3, 0.4) is 0 Å². The van der Waals surface area contributed by atoms with Gasteiger partial charge in [-0.15, -0.1) is 11.3 Å². The summed E-state index contributed by atoms with van der Waals surface area (Å²) in [4.78, 5) is 14.9. The summed E-state index contributed by atoms with van der Waals surface area (Å²) in [5, 5.41) is 14.3. The molecule has 0 aliphatic carbocycles. The Morgan fingerprint density at radius 2 is 2.26 bits per heavy atom. The number of halogens is 1. The van der Waals surface area contributed by atoms with Gasteiger partial charge in [0, 0.05) is 24.1 Å². The lowest BCUT2D eigenvalue weighted by Crippen LogP contribution is -2.37. The van der Waals surface area contributed by atoms with Gasteiger partial charge in [-0.05, 0) is 53.2 Å². The molecule has 6 heteroatoms. The lowest BCUT2D eigenvalue weighted by atomic mass is 10.1. The number of hydrogen-bond donors (Lipinski definition) is 2. The molecule has 2 rings (SSSR count). The molecule has 19 heavy (non-hydrogen) atoms. The van der Waals surface area contributed by atoms with Gasteiger partial charge in [-0.25, -0.2) is 0 Å². The van der Waals surface area contributed by atoms with Crippen LogP contribution in [0, 0.1) is 0 Å². The first-order valence-electron chi connectivity index (χ1n) is 6.58. The smallest absolute Gasteiger partial charge is 0.262 e. The van der Waals surface area contributed by atoms with Crippen molar-refractivity contribution in [3.05, 3.63) is 20.8 Å². The number of piperidine rings is 1. The van der Waals surface area contributed by atoms with Crippen molar-refractivity contribution in [2.75, 3.05) is 26.2 Å². The van der Waals surface area contributed by atoms with Crippen LogP contribution in [0.1, 0.15) is 28.9 Å². The summed E-state index contributed by atoms with van der Waals surface area (Å²) in [6.45, 7) is 3.61. The Balaban J connectivity index is 1.62. The average Bonchev–Trinajstić information content (AvgIpc) is 2.83. The van der Waals surface area contributed by atoms with Crippen LogP contribution in [0.5, 0.6) is 0 Å². The predicted molar refractivity (Wildman–Crippen MR) is 80.7 cm³/mol. The Bertz CT molecular complexity index is 417. The van der Waals surface area contributed by atoms with Crippen LogP contribution in [-0.2, 0) is 0 Å². The SMILES string of the molecule is O=C(NCCCN1CCC(O)CC1)c1sccc1Br. The summed E-state index contributed by atoms with van der Waals surface area (Å²) in [5.74, 6) is -0.00376. The number of hydrogen-bond acceptors (Lipinski definition) is 4. The molecule has 0 radical (unpaired) electrons. The number of aliphatic hydroxyl groups is 1. The van der Waals surface area contributed by atoms with E-state index in [-0.39, 0.29) is 12.0 Å². The van der Waals surface area contributed by atoms with Crippen molar-refractivity contribution in [3.63, 3.8) is 0 Å². The topological polar surface area (TPSA) is 52.6 Å². The van der Waals surface area contributed by atoms with Crippen molar-refractivity contribution in [1.82, 2.24) is 10.2 Å². The molecule has 4 nitrogen and oxygen atoms in total. The monoisotopic (exact) mass is 346 g/mol. The lowest BCUT2D eigenvalue weighted by molar-refractivity contribution is 0.0816. The largest absolute Gasteiger partial charge is 0.393 e. The van der Waals surface area contributed by atoms with Gasteiger partial charge < -0.3 is 15.3 Å². The van der Waals surface area contributed by atoms with E-state index >= 15 is 0 Å². The molecule has 0 saturated carbocycles. The van der Waals surface area contributed by atoms with Crippen molar-refractivity contribution in [3.8, 4) is 0 Å². The molecule has 2 heterocycles. The van der Waals surface area contributed by atoms with Crippen molar-refractivity contribution in [2.24, 2.45) is 0 Å². The van der Waals surface area contributed by atoms with Crippen molar-refractivity contribution >= 4 is 33.2 Å². The minimum absolute atomic E-state index is 0.00376. The van der Waals surface area contributed by atoms with Crippen LogP contribution < -0.4 is 5.32 Å². The Kier molecular flexibility index (Phi) is 5.81. The maximum atomic E-state index is 11.8. The third-order valence-corrected chi connectivity index (χ3v) is 5.15. The second-order valence-corrected chi connectivity index (χ2v) is 6.55. The number of likely N-dealkylation sites (tertiary alicyclic amines) is 1. The average molecular weight is 347 g/mol. The van der Waals surface area contributed by atoms with Gasteiger partial charge in [-0.1, -0.05) is 0 Å². The molecule has 1 aromatic rings. The lowest BCUT2D eigenvalue weighted by Gasteiger charge is -2.29. The van der Waals surface area contributed by atoms with E-state index in [1.165, 1.54) is 11.3 Å². The molecule has 1 amide bonds. The number of nitrogens with one attached hydrogen (secondary N) is 1. The van der Waals surface area contributed by atoms with E-state index in [9.17, 15) is 9.90 Å². The van der Waals surface area contributed by atoms with Gasteiger partial charge in [0.1, 0.15) is 4.88 Å². The molecular formula is C13H19BrN2O2S. The van der Waals surface area contributed by atoms with Crippen molar-refractivity contribution in [1.29, 1.82) is 0 Å². The first kappa shape index (κ1) is 15.0. The fourth-order valence-corrected chi connectivity index (χ4v) is 3.65. The highest BCUT2D eigenvalue weighted by molar-refractivity contribution is 9.10. The van der Waals surface area contributed by atoms with Crippen molar-refractivity contribution < 1.29 is 9.90 Å². The normalized spacial score (nSPS) is 17.6. The number of thiophene rings is 1. The zero-order chi connectivity index (χ0) is 13.7. The maximum absolute atomic E-state index is 11.8. The number of amides is 1. The highest BCUT2D eigenvalue weighted by atomic mass is 79.9. The quantitative estimate of drug-likeness (QED) is 0.802. The Morgan fingerprint density at radius 1 is 1.53 bits per heavy atom. The first-order chi connectivity index (χ1) is 9.16. The summed E-state index contributed by atoms with van der Waals surface area (Å²) < 4.78 is 0.861. The van der Waals surface area contributed by atoms with E-state index in [0.717, 1.165) is 48.2 Å². The van der Waals surface area contributed by atoms with Gasteiger partial charge in [0.15, 0.2) is 0 Å². The molecule has 0 unspecified atom stereocenters. The zero-order valence-corrected chi connectivity index (χ0v) is 13.2. The van der Waals surface area contributed by atoms with Gasteiger partial charge in [0.2, 0.25) is 0 Å². The minimum atomic E-state index is -0.118. The molecule has 1 aliphatic rings. The Labute approximate surface area is 125 Å². The summed E-state index contributed by atoms with van der Waals surface area (Å²) in [6.07, 6.45) is 2.57. The molecular weight excluding hydrogens is 328 g/mol. The predicted octanol–water partition coefficient (Wildman–Crippen LogP) is 2.09. The van der Waals surface area contributed by atoms with E-state index in [0.29, 0.717) is 6.54 Å². The van der Waals surface area contributed by atoms with Gasteiger partial charge in [-0.2, -0.15) is 0 Å². The van der Waals surface area contributed by atoms with Crippen LogP contribution in [0.25, 0.3) is 0 Å². The van der Waals surface area contributed by atoms with Crippen LogP contribution in [0.4, 0.5) is 0 Å². The molecule has 0 spiro atoms. The van der Waals surface area contributed by atoms with E-state index in [4.69, 9.17) is 0 Å². The number of carbonyl (C=O) groups excluding carboxylic acids is 1. The highest BCUT2D eigenvalue weighted by Crippen LogP contribution is 2.22. The Hall–Kier alpha value is -0.430. The molecule has 0 bridgehead atoms. The second-order valence-electron chi connectivity index (χ2n) is 4.78. The second kappa shape index (κ2) is 7.38. The minimum Gasteiger partial charge on any atom is -0.393 e. The third-order valence-electron chi connectivity index (χ3n) is 3.32. The van der Waals surface area contributed by atoms with Crippen LogP contribution in [0.15, 0.2) is 15.9 Å². The van der Waals surface area contributed by atoms with E-state index < -0.39 is 0 Å². The van der Waals surface area contributed by atoms with E-state index in [2.05, 4.69) is 26.1 Å². The highest BCUT2D eigenvalue weighted by Gasteiger charge is 2.16. The van der Waals surface area contributed by atoms with E-state index in [1.807, 2.05) is 11.4 Å². The number of nitrogens with zero attached hydrogens (tertiary/aromatic N) is 1. The molecule has 2 N–H and O–H groups in total. The molecule has 0 aromatic carbocycles. The van der Waals surface area contributed by atoms with Crippen molar-refractivity contribution in [2.45, 2.75) is 25.4 Å². The van der Waals surface area contributed by atoms with Crippen LogP contribution >= 0.6 is 27.3 Å². The molecule has 1 aromatic heterocycles. The molecule has 1 aliphatic heterocycles. The van der Waals surface area contributed by atoms with E-state index in [1.54, 1.807) is 0 Å². The molecule has 1 saturated heterocycles. The van der Waals surface area contributed by atoms with Gasteiger partial charge in [-0.3, -0.25) is 4.79 Å². The molecule has 106 valence electrons. The fraction of sp³-hybridized carbons (Fsp3) is 0.615. The van der Waals surface area contributed by atoms with Crippen LogP contribution in [0.2, 0.25) is 0 Å². The summed E-state index contributed by atoms with van der Waals surface area (Å²) in [5.41, 5.74) is 0. The zero-order valence-electron chi connectivity index (χ0n) is 10.8. The summed E-state index contributed by atoms with van der Waals surface area (Å²) in [6, 6.07) is 1.89.